The molecule has 0 aliphatic carbocycles. The minimum atomic E-state index is 0.906. The van der Waals surface area contributed by atoms with E-state index in [-0.39, 0.29) is 0 Å². The Morgan fingerprint density at radius 3 is 2.56 bits per heavy atom. The predicted octanol–water partition coefficient (Wildman–Crippen LogP) is 0.469. The van der Waals surface area contributed by atoms with Crippen LogP contribution in [0.5, 0.6) is 0 Å². The molecule has 16 heavy (non-hydrogen) atoms. The van der Waals surface area contributed by atoms with E-state index in [2.05, 4.69) is 10.3 Å². The molecule has 1 aromatic heterocycles. The molecular formula is C11H16N5+. The van der Waals surface area contributed by atoms with Crippen molar-refractivity contribution in [2.45, 2.75) is 0 Å². The van der Waals surface area contributed by atoms with Gasteiger partial charge in [0.05, 0.1) is 28.2 Å². The van der Waals surface area contributed by atoms with Crippen molar-refractivity contribution in [2.24, 2.45) is 0 Å². The molecule has 2 aromatic rings. The van der Waals surface area contributed by atoms with Crippen LogP contribution in [0.3, 0.4) is 0 Å². The molecule has 0 aliphatic rings. The van der Waals surface area contributed by atoms with Gasteiger partial charge in [0.2, 0.25) is 0 Å². The second-order valence-corrected chi connectivity index (χ2v) is 4.08. The Kier molecular flexibility index (Phi) is 2.60. The quantitative estimate of drug-likeness (QED) is 0.366. The van der Waals surface area contributed by atoms with E-state index in [9.17, 15) is 0 Å². The van der Waals surface area contributed by atoms with Gasteiger partial charge >= 0.3 is 5.96 Å². The summed E-state index contributed by atoms with van der Waals surface area (Å²) in [6.07, 6.45) is 0. The van der Waals surface area contributed by atoms with Crippen molar-refractivity contribution in [3.05, 3.63) is 24.3 Å². The number of rotatable bonds is 0. The summed E-state index contributed by atoms with van der Waals surface area (Å²) >= 11 is 0. The topological polar surface area (TPSA) is 37.0 Å². The van der Waals surface area contributed by atoms with Gasteiger partial charge in [-0.1, -0.05) is 16.8 Å². The van der Waals surface area contributed by atoms with Crippen LogP contribution in [0, 0.1) is 0 Å². The maximum Gasteiger partial charge on any atom is 0.380 e. The molecule has 2 rings (SSSR count). The zero-order valence-corrected chi connectivity index (χ0v) is 10.0. The Morgan fingerprint density at radius 2 is 1.94 bits per heavy atom. The molecule has 0 bridgehead atoms. The Balaban J connectivity index is 2.67. The molecule has 0 N–H and O–H groups in total. The first-order valence-corrected chi connectivity index (χ1v) is 5.13. The van der Waals surface area contributed by atoms with Crippen LogP contribution in [-0.2, 0) is 0 Å². The van der Waals surface area contributed by atoms with Crippen LogP contribution in [0.25, 0.3) is 11.0 Å². The lowest BCUT2D eigenvalue weighted by Gasteiger charge is -2.10. The van der Waals surface area contributed by atoms with Gasteiger partial charge in [-0.3, -0.25) is 9.48 Å². The summed E-state index contributed by atoms with van der Waals surface area (Å²) in [5.41, 5.74) is 1.92. The van der Waals surface area contributed by atoms with E-state index in [1.165, 1.54) is 0 Å². The lowest BCUT2D eigenvalue weighted by Crippen LogP contribution is -2.36. The van der Waals surface area contributed by atoms with Crippen molar-refractivity contribution in [3.8, 4) is 0 Å². The van der Waals surface area contributed by atoms with Gasteiger partial charge in [0, 0.05) is 5.21 Å². The first-order valence-electron chi connectivity index (χ1n) is 5.13. The van der Waals surface area contributed by atoms with Gasteiger partial charge in [-0.2, -0.15) is 0 Å². The van der Waals surface area contributed by atoms with Crippen LogP contribution < -0.4 is 0 Å². The zero-order valence-electron chi connectivity index (χ0n) is 10.0. The number of benzene rings is 1. The van der Waals surface area contributed by atoms with Crippen LogP contribution >= 0.6 is 0 Å². The van der Waals surface area contributed by atoms with Gasteiger partial charge in [0.1, 0.15) is 5.52 Å². The van der Waals surface area contributed by atoms with Crippen LogP contribution in [-0.4, -0.2) is 58.6 Å². The van der Waals surface area contributed by atoms with E-state index in [4.69, 9.17) is 0 Å². The zero-order chi connectivity index (χ0) is 11.7. The standard InChI is InChI=1S/C11H16N5/c1-14(2)11(15(3)4)16-10-8-6-5-7-9(10)12-13-16/h5-8H,1-4H3/q+1. The average molecular weight is 218 g/mol. The lowest BCUT2D eigenvalue weighted by atomic mass is 10.3. The van der Waals surface area contributed by atoms with Gasteiger partial charge in [0.25, 0.3) is 0 Å². The number of aromatic nitrogens is 3. The van der Waals surface area contributed by atoms with Crippen molar-refractivity contribution in [2.75, 3.05) is 28.2 Å². The molecule has 0 atom stereocenters. The summed E-state index contributed by atoms with van der Waals surface area (Å²) in [5.74, 6) is 0.980. The van der Waals surface area contributed by atoms with Gasteiger partial charge in [-0.05, 0) is 12.1 Å². The fourth-order valence-corrected chi connectivity index (χ4v) is 1.80. The smallest absolute Gasteiger partial charge is 0.268 e. The van der Waals surface area contributed by atoms with Crippen molar-refractivity contribution in [1.82, 2.24) is 19.9 Å². The molecule has 84 valence electrons. The maximum atomic E-state index is 4.18. The highest BCUT2D eigenvalue weighted by Gasteiger charge is 2.20. The summed E-state index contributed by atoms with van der Waals surface area (Å²) in [5, 5.41) is 8.33. The number of hydrogen-bond acceptors (Lipinski definition) is 2. The van der Waals surface area contributed by atoms with Crippen molar-refractivity contribution >= 4 is 17.0 Å². The number of fused-ring (bicyclic) bond motifs is 1. The molecule has 0 fully saturated rings. The van der Waals surface area contributed by atoms with E-state index in [1.54, 1.807) is 0 Å². The van der Waals surface area contributed by atoms with Crippen LogP contribution in [0.15, 0.2) is 24.3 Å². The minimum Gasteiger partial charge on any atom is -0.268 e. The first-order chi connectivity index (χ1) is 7.61. The molecule has 5 heteroatoms. The molecular weight excluding hydrogens is 202 g/mol. The minimum absolute atomic E-state index is 0.906. The van der Waals surface area contributed by atoms with Crippen molar-refractivity contribution in [3.63, 3.8) is 0 Å². The second-order valence-electron chi connectivity index (χ2n) is 4.08. The third-order valence-corrected chi connectivity index (χ3v) is 2.34. The number of para-hydroxylation sites is 1. The van der Waals surface area contributed by atoms with Crippen LogP contribution in [0.2, 0.25) is 0 Å². The summed E-state index contributed by atoms with van der Waals surface area (Å²) in [7, 11) is 7.97. The average Bonchev–Trinajstić information content (AvgIpc) is 2.61. The van der Waals surface area contributed by atoms with Crippen LogP contribution in [0.1, 0.15) is 0 Å². The normalized spacial score (nSPS) is 10.5. The fourth-order valence-electron chi connectivity index (χ4n) is 1.80. The summed E-state index contributed by atoms with van der Waals surface area (Å²) in [6.45, 7) is 0. The highest BCUT2D eigenvalue weighted by Crippen LogP contribution is 2.09. The van der Waals surface area contributed by atoms with E-state index in [0.29, 0.717) is 0 Å². The summed E-state index contributed by atoms with van der Waals surface area (Å²) in [4.78, 5) is 2.02. The largest absolute Gasteiger partial charge is 0.380 e. The Hall–Kier alpha value is -1.91. The number of hydrogen-bond donors (Lipinski definition) is 0. The predicted molar refractivity (Wildman–Crippen MR) is 63.7 cm³/mol. The van der Waals surface area contributed by atoms with E-state index in [0.717, 1.165) is 17.0 Å². The molecule has 0 radical (unpaired) electrons. The summed E-state index contributed by atoms with van der Waals surface area (Å²) < 4.78 is 3.86. The van der Waals surface area contributed by atoms with Crippen molar-refractivity contribution in [1.29, 1.82) is 0 Å². The van der Waals surface area contributed by atoms with Gasteiger partial charge in [-0.25, -0.2) is 0 Å². The highest BCUT2D eigenvalue weighted by molar-refractivity contribution is 5.87. The monoisotopic (exact) mass is 218 g/mol. The van der Waals surface area contributed by atoms with E-state index < -0.39 is 0 Å². The van der Waals surface area contributed by atoms with Gasteiger partial charge in [-0.15, -0.1) is 5.10 Å². The second kappa shape index (κ2) is 3.92. The van der Waals surface area contributed by atoms with E-state index in [1.807, 2.05) is 66.6 Å². The maximum absolute atomic E-state index is 4.18. The lowest BCUT2D eigenvalue weighted by molar-refractivity contribution is -0.472. The van der Waals surface area contributed by atoms with E-state index >= 15 is 0 Å². The third-order valence-electron chi connectivity index (χ3n) is 2.34. The molecule has 5 nitrogen and oxygen atoms in total. The van der Waals surface area contributed by atoms with Gasteiger partial charge < -0.3 is 0 Å². The molecule has 0 spiro atoms. The SMILES string of the molecule is CN(C)C(n1nnc2ccccc21)=[N+](C)C. The molecule has 1 aromatic carbocycles. The molecule has 1 heterocycles. The Morgan fingerprint density at radius 1 is 1.25 bits per heavy atom. The first kappa shape index (κ1) is 10.6. The number of nitrogens with zero attached hydrogens (tertiary/aromatic N) is 5. The highest BCUT2D eigenvalue weighted by atomic mass is 15.5. The fraction of sp³-hybridized carbons (Fsp3) is 0.364. The molecule has 0 saturated heterocycles. The Bertz CT molecular complexity index is 534. The molecule has 0 unspecified atom stereocenters. The van der Waals surface area contributed by atoms with Crippen molar-refractivity contribution < 1.29 is 4.58 Å². The molecule has 0 aliphatic heterocycles. The molecule has 0 saturated carbocycles. The third kappa shape index (κ3) is 1.64. The summed E-state index contributed by atoms with van der Waals surface area (Å²) in [6, 6.07) is 7.93. The van der Waals surface area contributed by atoms with Gasteiger partial charge in [0.15, 0.2) is 5.52 Å². The molecule has 0 amide bonds. The van der Waals surface area contributed by atoms with Crippen LogP contribution in [0.4, 0.5) is 0 Å². The Labute approximate surface area is 94.6 Å².